The first-order valence-electron chi connectivity index (χ1n) is 6.22. The van der Waals surface area contributed by atoms with Gasteiger partial charge >= 0.3 is 0 Å². The van der Waals surface area contributed by atoms with Crippen molar-refractivity contribution in [3.8, 4) is 5.75 Å². The largest absolute Gasteiger partial charge is 0.496 e. The van der Waals surface area contributed by atoms with E-state index in [-0.39, 0.29) is 12.4 Å². The molecule has 110 valence electrons. The normalized spacial score (nSPS) is 13.8. The smallest absolute Gasteiger partial charge is 0.123 e. The summed E-state index contributed by atoms with van der Waals surface area (Å²) in [5.41, 5.74) is 6.83. The van der Waals surface area contributed by atoms with E-state index in [2.05, 4.69) is 13.8 Å². The summed E-state index contributed by atoms with van der Waals surface area (Å²) in [6.45, 7) is 4.25. The molecule has 0 aliphatic heterocycles. The molecule has 3 N–H and O–H groups in total. The molecule has 0 saturated heterocycles. The molecule has 0 aliphatic carbocycles. The van der Waals surface area contributed by atoms with Crippen molar-refractivity contribution in [2.24, 2.45) is 11.7 Å². The monoisotopic (exact) mass is 307 g/mol. The third-order valence-corrected chi connectivity index (χ3v) is 3.24. The second-order valence-corrected chi connectivity index (χ2v) is 5.39. The number of nitrogens with two attached hydrogens (primary N) is 1. The van der Waals surface area contributed by atoms with Crippen molar-refractivity contribution in [3.05, 3.63) is 28.8 Å². The van der Waals surface area contributed by atoms with Gasteiger partial charge in [0.05, 0.1) is 19.3 Å². The number of hydrogen-bond donors (Lipinski definition) is 2. The van der Waals surface area contributed by atoms with Crippen LogP contribution in [0.25, 0.3) is 0 Å². The van der Waals surface area contributed by atoms with Gasteiger partial charge in [0.2, 0.25) is 0 Å². The van der Waals surface area contributed by atoms with E-state index in [1.165, 1.54) is 0 Å². The molecule has 19 heavy (non-hydrogen) atoms. The van der Waals surface area contributed by atoms with Gasteiger partial charge < -0.3 is 15.6 Å². The van der Waals surface area contributed by atoms with E-state index in [9.17, 15) is 5.11 Å². The van der Waals surface area contributed by atoms with Crippen molar-refractivity contribution in [2.45, 2.75) is 38.8 Å². The molecule has 1 rings (SSSR count). The molecule has 2 atom stereocenters. The molecule has 5 heteroatoms. The van der Waals surface area contributed by atoms with Gasteiger partial charge in [0.15, 0.2) is 0 Å². The van der Waals surface area contributed by atoms with Gasteiger partial charge in [0, 0.05) is 10.6 Å². The minimum absolute atomic E-state index is 0. The standard InChI is InChI=1S/C14H22ClNO2.ClH/c1-9(2)4-6-12(17)14(16)11-8-10(15)5-7-13(11)18-3;/h5,7-9,12,14,17H,4,6,16H2,1-3H3;1H/t12-,14+;/m1./s1. The summed E-state index contributed by atoms with van der Waals surface area (Å²) in [6, 6.07) is 4.80. The Morgan fingerprint density at radius 2 is 1.95 bits per heavy atom. The summed E-state index contributed by atoms with van der Waals surface area (Å²) < 4.78 is 5.25. The molecular weight excluding hydrogens is 285 g/mol. The zero-order valence-electron chi connectivity index (χ0n) is 11.6. The Labute approximate surface area is 126 Å². The fourth-order valence-corrected chi connectivity index (χ4v) is 2.04. The van der Waals surface area contributed by atoms with Crippen LogP contribution in [0.4, 0.5) is 0 Å². The van der Waals surface area contributed by atoms with E-state index in [4.69, 9.17) is 22.1 Å². The second-order valence-electron chi connectivity index (χ2n) is 4.95. The Bertz CT molecular complexity index is 386. The Kier molecular flexibility index (Phi) is 8.42. The highest BCUT2D eigenvalue weighted by molar-refractivity contribution is 6.30. The highest BCUT2D eigenvalue weighted by Crippen LogP contribution is 2.30. The predicted molar refractivity (Wildman–Crippen MR) is 82.3 cm³/mol. The van der Waals surface area contributed by atoms with Gasteiger partial charge in [0.25, 0.3) is 0 Å². The maximum absolute atomic E-state index is 10.1. The van der Waals surface area contributed by atoms with Crippen LogP contribution in [0.3, 0.4) is 0 Å². The number of hydrogen-bond acceptors (Lipinski definition) is 3. The zero-order valence-corrected chi connectivity index (χ0v) is 13.2. The molecule has 0 unspecified atom stereocenters. The number of aliphatic hydroxyl groups is 1. The van der Waals surface area contributed by atoms with Crippen molar-refractivity contribution >= 4 is 24.0 Å². The molecule has 3 nitrogen and oxygen atoms in total. The van der Waals surface area contributed by atoms with Gasteiger partial charge in [-0.05, 0) is 37.0 Å². The highest BCUT2D eigenvalue weighted by atomic mass is 35.5. The predicted octanol–water partition coefficient (Wildman–Crippen LogP) is 3.57. The quantitative estimate of drug-likeness (QED) is 0.844. The molecule has 0 saturated carbocycles. The molecule has 0 heterocycles. The van der Waals surface area contributed by atoms with Crippen LogP contribution in [-0.4, -0.2) is 18.3 Å². The average Bonchev–Trinajstić information content (AvgIpc) is 2.34. The van der Waals surface area contributed by atoms with Crippen LogP contribution in [0.15, 0.2) is 18.2 Å². The number of methoxy groups -OCH3 is 1. The summed E-state index contributed by atoms with van der Waals surface area (Å²) in [6.07, 6.45) is 1.03. The fraction of sp³-hybridized carbons (Fsp3) is 0.571. The number of benzene rings is 1. The van der Waals surface area contributed by atoms with Gasteiger partial charge in [-0.1, -0.05) is 25.4 Å². The van der Waals surface area contributed by atoms with Crippen LogP contribution in [-0.2, 0) is 0 Å². The van der Waals surface area contributed by atoms with Gasteiger partial charge in [-0.2, -0.15) is 0 Å². The lowest BCUT2D eigenvalue weighted by Crippen LogP contribution is -2.27. The molecule has 0 aliphatic rings. The lowest BCUT2D eigenvalue weighted by molar-refractivity contribution is 0.127. The van der Waals surface area contributed by atoms with E-state index >= 15 is 0 Å². The topological polar surface area (TPSA) is 55.5 Å². The van der Waals surface area contributed by atoms with E-state index in [0.29, 0.717) is 23.1 Å². The summed E-state index contributed by atoms with van der Waals surface area (Å²) in [7, 11) is 1.58. The van der Waals surface area contributed by atoms with Crippen molar-refractivity contribution < 1.29 is 9.84 Å². The maximum atomic E-state index is 10.1. The Morgan fingerprint density at radius 3 is 2.47 bits per heavy atom. The molecule has 1 aromatic carbocycles. The van der Waals surface area contributed by atoms with Crippen LogP contribution in [0.1, 0.15) is 38.3 Å². The Morgan fingerprint density at radius 1 is 1.32 bits per heavy atom. The van der Waals surface area contributed by atoms with Crippen LogP contribution in [0.5, 0.6) is 5.75 Å². The van der Waals surface area contributed by atoms with Gasteiger partial charge in [-0.25, -0.2) is 0 Å². The van der Waals surface area contributed by atoms with E-state index < -0.39 is 12.1 Å². The van der Waals surface area contributed by atoms with Gasteiger partial charge in [0.1, 0.15) is 5.75 Å². The maximum Gasteiger partial charge on any atom is 0.123 e. The lowest BCUT2D eigenvalue weighted by atomic mass is 9.95. The third-order valence-electron chi connectivity index (χ3n) is 3.01. The Balaban J connectivity index is 0.00000324. The van der Waals surface area contributed by atoms with Crippen molar-refractivity contribution in [2.75, 3.05) is 7.11 Å². The average molecular weight is 308 g/mol. The van der Waals surface area contributed by atoms with Crippen LogP contribution < -0.4 is 10.5 Å². The fourth-order valence-electron chi connectivity index (χ4n) is 1.86. The molecule has 0 spiro atoms. The van der Waals surface area contributed by atoms with Crippen LogP contribution in [0, 0.1) is 5.92 Å². The van der Waals surface area contributed by atoms with E-state index in [1.54, 1.807) is 25.3 Å². The lowest BCUT2D eigenvalue weighted by Gasteiger charge is -2.22. The van der Waals surface area contributed by atoms with Crippen LogP contribution in [0.2, 0.25) is 5.02 Å². The molecule has 0 bridgehead atoms. The highest BCUT2D eigenvalue weighted by Gasteiger charge is 2.20. The first-order chi connectivity index (χ1) is 8.45. The molecular formula is C14H23Cl2NO2. The van der Waals surface area contributed by atoms with E-state index in [0.717, 1.165) is 12.0 Å². The number of rotatable bonds is 6. The molecule has 0 radical (unpaired) electrons. The van der Waals surface area contributed by atoms with Crippen LogP contribution >= 0.6 is 24.0 Å². The summed E-state index contributed by atoms with van der Waals surface area (Å²) >= 11 is 5.96. The van der Waals surface area contributed by atoms with Gasteiger partial charge in [-0.3, -0.25) is 0 Å². The minimum atomic E-state index is -0.584. The first kappa shape index (κ1) is 18.5. The Hall–Kier alpha value is -0.480. The number of aliphatic hydroxyl groups excluding tert-OH is 1. The molecule has 0 fully saturated rings. The van der Waals surface area contributed by atoms with Crippen molar-refractivity contribution in [1.82, 2.24) is 0 Å². The number of halogens is 2. The minimum Gasteiger partial charge on any atom is -0.496 e. The molecule has 0 amide bonds. The molecule has 1 aromatic rings. The number of ether oxygens (including phenoxy) is 1. The third kappa shape index (κ3) is 5.57. The first-order valence-corrected chi connectivity index (χ1v) is 6.60. The molecule has 0 aromatic heterocycles. The zero-order chi connectivity index (χ0) is 13.7. The SMILES string of the molecule is COc1ccc(Cl)cc1[C@H](N)[C@H](O)CCC(C)C.Cl. The summed E-state index contributed by atoms with van der Waals surface area (Å²) in [5.74, 6) is 1.21. The second kappa shape index (κ2) is 8.64. The van der Waals surface area contributed by atoms with Crippen molar-refractivity contribution in [3.63, 3.8) is 0 Å². The summed E-state index contributed by atoms with van der Waals surface area (Å²) in [4.78, 5) is 0. The summed E-state index contributed by atoms with van der Waals surface area (Å²) in [5, 5.41) is 10.7. The van der Waals surface area contributed by atoms with Crippen molar-refractivity contribution in [1.29, 1.82) is 0 Å². The van der Waals surface area contributed by atoms with Gasteiger partial charge in [-0.15, -0.1) is 12.4 Å². The van der Waals surface area contributed by atoms with E-state index in [1.807, 2.05) is 0 Å².